The lowest BCUT2D eigenvalue weighted by Crippen LogP contribution is -2.38. The molecule has 0 saturated heterocycles. The molecule has 2 bridgehead atoms. The van der Waals surface area contributed by atoms with Gasteiger partial charge in [-0.3, -0.25) is 14.0 Å². The van der Waals surface area contributed by atoms with Crippen LogP contribution in [0.25, 0.3) is 22.9 Å². The van der Waals surface area contributed by atoms with Gasteiger partial charge in [-0.15, -0.1) is 0 Å². The van der Waals surface area contributed by atoms with Gasteiger partial charge in [-0.1, -0.05) is 31.1 Å². The summed E-state index contributed by atoms with van der Waals surface area (Å²) in [6.45, 7) is 0. The Morgan fingerprint density at radius 2 is 1.95 bits per heavy atom. The van der Waals surface area contributed by atoms with Crippen molar-refractivity contribution in [3.05, 3.63) is 77.5 Å². The first-order valence-corrected chi connectivity index (χ1v) is 14.9. The Balaban J connectivity index is 1.37. The summed E-state index contributed by atoms with van der Waals surface area (Å²) in [6.07, 6.45) is 15.7. The molecule has 1 aliphatic carbocycles. The number of nitrogens with zero attached hydrogens (tertiary/aromatic N) is 5. The molecule has 0 unspecified atom stereocenters. The average molecular weight is 575 g/mol. The van der Waals surface area contributed by atoms with Crippen LogP contribution >= 0.6 is 0 Å². The van der Waals surface area contributed by atoms with Crippen LogP contribution in [-0.2, 0) is 4.79 Å². The largest absolute Gasteiger partial charge is 0.382 e. The van der Waals surface area contributed by atoms with Crippen molar-refractivity contribution < 1.29 is 9.59 Å². The Morgan fingerprint density at radius 1 is 1.09 bits per heavy atom. The van der Waals surface area contributed by atoms with Crippen molar-refractivity contribution in [1.29, 1.82) is 5.26 Å². The number of aromatic nitrogens is 4. The third-order valence-electron chi connectivity index (χ3n) is 8.26. The van der Waals surface area contributed by atoms with Crippen LogP contribution in [0.15, 0.2) is 54.9 Å². The van der Waals surface area contributed by atoms with Crippen molar-refractivity contribution in [3.63, 3.8) is 0 Å². The number of nitrogens with two attached hydrogens (primary N) is 1. The number of amides is 2. The molecule has 1 saturated carbocycles. The monoisotopic (exact) mass is 574 g/mol. The van der Waals surface area contributed by atoms with E-state index in [1.54, 1.807) is 24.4 Å². The molecule has 4 aromatic rings. The van der Waals surface area contributed by atoms with Crippen molar-refractivity contribution >= 4 is 35.0 Å². The van der Waals surface area contributed by atoms with E-state index in [0.717, 1.165) is 74.0 Å². The number of benzene rings is 1. The van der Waals surface area contributed by atoms with Crippen molar-refractivity contribution in [2.24, 2.45) is 0 Å². The molecular formula is C33H34N8O2. The van der Waals surface area contributed by atoms with Crippen LogP contribution in [0.5, 0.6) is 0 Å². The van der Waals surface area contributed by atoms with Crippen LogP contribution in [0.2, 0.25) is 0 Å². The molecule has 2 atom stereocenters. The zero-order chi connectivity index (χ0) is 29.8. The van der Waals surface area contributed by atoms with Crippen LogP contribution < -0.4 is 16.4 Å². The molecule has 43 heavy (non-hydrogen) atoms. The highest BCUT2D eigenvalue weighted by Crippen LogP contribution is 2.38. The summed E-state index contributed by atoms with van der Waals surface area (Å²) in [7, 11) is 0. The highest BCUT2D eigenvalue weighted by atomic mass is 16.2. The summed E-state index contributed by atoms with van der Waals surface area (Å²) in [6, 6.07) is 12.5. The van der Waals surface area contributed by atoms with Gasteiger partial charge >= 0.3 is 0 Å². The topological polar surface area (TPSA) is 151 Å². The fourth-order valence-electron chi connectivity index (χ4n) is 6.10. The van der Waals surface area contributed by atoms with Gasteiger partial charge in [0, 0.05) is 35.7 Å². The summed E-state index contributed by atoms with van der Waals surface area (Å²) >= 11 is 0. The van der Waals surface area contributed by atoms with Gasteiger partial charge in [0.05, 0.1) is 23.5 Å². The molecule has 218 valence electrons. The Hall–Kier alpha value is -5.04. The lowest BCUT2D eigenvalue weighted by atomic mass is 9.85. The number of nitriles is 1. The second-order valence-electron chi connectivity index (χ2n) is 11.3. The van der Waals surface area contributed by atoms with Gasteiger partial charge in [0.15, 0.2) is 0 Å². The molecule has 1 fully saturated rings. The van der Waals surface area contributed by atoms with Crippen molar-refractivity contribution in [1.82, 2.24) is 24.7 Å². The molecule has 1 aromatic carbocycles. The van der Waals surface area contributed by atoms with E-state index in [-0.39, 0.29) is 23.8 Å². The van der Waals surface area contributed by atoms with Crippen LogP contribution in [0.3, 0.4) is 0 Å². The number of carbonyl (C=O) groups is 2. The van der Waals surface area contributed by atoms with E-state index in [4.69, 9.17) is 16.0 Å². The third-order valence-corrected chi connectivity index (χ3v) is 8.26. The first-order chi connectivity index (χ1) is 21.0. The normalized spacial score (nSPS) is 19.8. The SMILES string of the molecule is N#Cc1ccnc(NC(=O)c2ccc(-c3nc4n5c(cnc(N)c35)/C=C/CCCCCC(=O)N[C@@H]3CCC[C@@H]4C3)cc2)c1. The van der Waals surface area contributed by atoms with E-state index in [0.29, 0.717) is 34.9 Å². The van der Waals surface area contributed by atoms with E-state index < -0.39 is 0 Å². The van der Waals surface area contributed by atoms with Crippen LogP contribution in [0, 0.1) is 11.3 Å². The van der Waals surface area contributed by atoms with Crippen molar-refractivity contribution in [2.45, 2.75) is 69.7 Å². The van der Waals surface area contributed by atoms with E-state index >= 15 is 0 Å². The lowest BCUT2D eigenvalue weighted by molar-refractivity contribution is -0.122. The predicted octanol–water partition coefficient (Wildman–Crippen LogP) is 5.62. The highest BCUT2D eigenvalue weighted by Gasteiger charge is 2.30. The van der Waals surface area contributed by atoms with Gasteiger partial charge in [0.1, 0.15) is 28.7 Å². The Kier molecular flexibility index (Phi) is 8.13. The van der Waals surface area contributed by atoms with E-state index in [9.17, 15) is 9.59 Å². The Labute approximate surface area is 250 Å². The number of nitrogen functional groups attached to an aromatic ring is 1. The molecule has 6 rings (SSSR count). The highest BCUT2D eigenvalue weighted by molar-refractivity contribution is 6.04. The molecule has 0 spiro atoms. The number of rotatable bonds is 3. The molecule has 2 aliphatic rings. The van der Waals surface area contributed by atoms with Crippen molar-refractivity contribution in [2.75, 3.05) is 11.1 Å². The van der Waals surface area contributed by atoms with Crippen LogP contribution in [0.1, 0.15) is 91.1 Å². The molecule has 10 heteroatoms. The second-order valence-corrected chi connectivity index (χ2v) is 11.3. The molecule has 0 radical (unpaired) electrons. The summed E-state index contributed by atoms with van der Waals surface area (Å²) in [5, 5.41) is 15.2. The number of imidazole rings is 1. The number of carbonyl (C=O) groups excluding carboxylic acids is 2. The summed E-state index contributed by atoms with van der Waals surface area (Å²) in [5.41, 5.74) is 10.6. The van der Waals surface area contributed by atoms with Crippen LogP contribution in [-0.4, -0.2) is 37.2 Å². The molecule has 2 amide bonds. The van der Waals surface area contributed by atoms with E-state index in [2.05, 4.69) is 37.2 Å². The number of hydrogen-bond donors (Lipinski definition) is 3. The van der Waals surface area contributed by atoms with Crippen molar-refractivity contribution in [3.8, 4) is 17.3 Å². The Morgan fingerprint density at radius 3 is 2.79 bits per heavy atom. The van der Waals surface area contributed by atoms with Gasteiger partial charge in [0.25, 0.3) is 5.91 Å². The van der Waals surface area contributed by atoms with E-state index in [1.807, 2.05) is 18.2 Å². The standard InChI is InChI=1S/C33H34N8O2/c34-19-21-15-16-36-27(17-21)39-33(43)23-13-11-22(12-14-23)29-30-31(35)37-20-26-9-4-2-1-3-5-10-28(42)38-25-8-6-7-24(18-25)32(40-29)41(26)30/h4,9,11-17,20,24-25H,1-3,5-8,10,18H2,(H2,35,37)(H,38,42)(H,36,39,43)/b9-4+/t24-,25-/m1/s1. The fourth-order valence-corrected chi connectivity index (χ4v) is 6.10. The summed E-state index contributed by atoms with van der Waals surface area (Å²) in [5.74, 6) is 1.55. The minimum Gasteiger partial charge on any atom is -0.382 e. The number of allylic oxidation sites excluding steroid dienone is 1. The minimum absolute atomic E-state index is 0.117. The molecule has 4 N–H and O–H groups in total. The maximum Gasteiger partial charge on any atom is 0.256 e. The molecular weight excluding hydrogens is 540 g/mol. The predicted molar refractivity (Wildman–Crippen MR) is 165 cm³/mol. The van der Waals surface area contributed by atoms with Crippen LogP contribution in [0.4, 0.5) is 11.6 Å². The Bertz CT molecular complexity index is 1730. The van der Waals surface area contributed by atoms with Gasteiger partial charge in [0.2, 0.25) is 5.91 Å². The number of nitrogens with one attached hydrogen (secondary N) is 2. The number of fused-ring (bicyclic) bond motifs is 3. The van der Waals surface area contributed by atoms with Gasteiger partial charge < -0.3 is 16.4 Å². The first-order valence-electron chi connectivity index (χ1n) is 14.9. The molecule has 3 aromatic heterocycles. The first kappa shape index (κ1) is 28.1. The average Bonchev–Trinajstić information content (AvgIpc) is 3.43. The summed E-state index contributed by atoms with van der Waals surface area (Å²) < 4.78 is 2.14. The number of pyridine rings is 1. The maximum atomic E-state index is 12.9. The number of anilines is 2. The van der Waals surface area contributed by atoms with E-state index in [1.165, 1.54) is 12.3 Å². The minimum atomic E-state index is -0.332. The molecule has 4 heterocycles. The quantitative estimate of drug-likeness (QED) is 0.287. The number of hydrogen-bond acceptors (Lipinski definition) is 7. The zero-order valence-corrected chi connectivity index (χ0v) is 23.9. The maximum absolute atomic E-state index is 12.9. The third kappa shape index (κ3) is 6.11. The molecule has 1 aliphatic heterocycles. The molecule has 10 nitrogen and oxygen atoms in total. The zero-order valence-electron chi connectivity index (χ0n) is 23.9. The van der Waals surface area contributed by atoms with Gasteiger partial charge in [-0.25, -0.2) is 15.0 Å². The fraction of sp³-hybridized carbons (Fsp3) is 0.333. The van der Waals surface area contributed by atoms with Gasteiger partial charge in [-0.2, -0.15) is 5.26 Å². The summed E-state index contributed by atoms with van der Waals surface area (Å²) in [4.78, 5) is 39.4. The smallest absolute Gasteiger partial charge is 0.256 e. The van der Waals surface area contributed by atoms with Gasteiger partial charge in [-0.05, 0) is 68.9 Å². The second kappa shape index (κ2) is 12.4. The lowest BCUT2D eigenvalue weighted by Gasteiger charge is -2.29.